The Labute approximate surface area is 161 Å². The van der Waals surface area contributed by atoms with Gasteiger partial charge in [-0.2, -0.15) is 0 Å². The summed E-state index contributed by atoms with van der Waals surface area (Å²) in [5.41, 5.74) is 0.207. The third-order valence-electron chi connectivity index (χ3n) is 3.68. The Hall–Kier alpha value is -3.18. The van der Waals surface area contributed by atoms with E-state index in [0.29, 0.717) is 17.2 Å². The summed E-state index contributed by atoms with van der Waals surface area (Å²) in [6.07, 6.45) is -0.124. The fourth-order valence-corrected chi connectivity index (χ4v) is 3.28. The third kappa shape index (κ3) is 5.41. The minimum Gasteiger partial charge on any atom is -0.497 e. The molecule has 150 valence electrons. The zero-order valence-electron chi connectivity index (χ0n) is 15.2. The topological polar surface area (TPSA) is 137 Å². The molecule has 11 heteroatoms. The van der Waals surface area contributed by atoms with Crippen LogP contribution in [0.2, 0.25) is 0 Å². The molecule has 10 nitrogen and oxygen atoms in total. The standard InChI is InChI=1S/C17H19N3O7S/c1-26-13-5-8-15(16(11-13)27-2)19-17(21)9-10-18-28(24,25)14-6-3-12(4-7-14)20(22)23/h3-8,11,18H,9-10H2,1-2H3,(H,19,21). The largest absolute Gasteiger partial charge is 0.497 e. The fraction of sp³-hybridized carbons (Fsp3) is 0.235. The molecule has 0 spiro atoms. The van der Waals surface area contributed by atoms with E-state index in [-0.39, 0.29) is 23.5 Å². The summed E-state index contributed by atoms with van der Waals surface area (Å²) in [4.78, 5) is 21.9. The van der Waals surface area contributed by atoms with Crippen LogP contribution in [0.3, 0.4) is 0 Å². The smallest absolute Gasteiger partial charge is 0.269 e. The van der Waals surface area contributed by atoms with Gasteiger partial charge in [-0.15, -0.1) is 0 Å². The van der Waals surface area contributed by atoms with Gasteiger partial charge in [0.25, 0.3) is 5.69 Å². The predicted molar refractivity (Wildman–Crippen MR) is 101 cm³/mol. The molecule has 28 heavy (non-hydrogen) atoms. The molecule has 2 N–H and O–H groups in total. The number of carbonyl (C=O) groups excluding carboxylic acids is 1. The first-order chi connectivity index (χ1) is 13.3. The van der Waals surface area contributed by atoms with Gasteiger partial charge in [-0.05, 0) is 24.3 Å². The molecular formula is C17H19N3O7S. The number of rotatable bonds is 9. The van der Waals surface area contributed by atoms with Gasteiger partial charge in [0.2, 0.25) is 15.9 Å². The summed E-state index contributed by atoms with van der Waals surface area (Å²) in [6.45, 7) is -0.149. The second-order valence-corrected chi connectivity index (χ2v) is 7.28. The van der Waals surface area contributed by atoms with Crippen molar-refractivity contribution in [3.63, 3.8) is 0 Å². The highest BCUT2D eigenvalue weighted by atomic mass is 32.2. The van der Waals surface area contributed by atoms with E-state index in [0.717, 1.165) is 24.3 Å². The number of anilines is 1. The van der Waals surface area contributed by atoms with Crippen molar-refractivity contribution in [2.75, 3.05) is 26.1 Å². The summed E-state index contributed by atoms with van der Waals surface area (Å²) >= 11 is 0. The molecule has 0 saturated heterocycles. The van der Waals surface area contributed by atoms with Crippen LogP contribution in [0.25, 0.3) is 0 Å². The lowest BCUT2D eigenvalue weighted by Gasteiger charge is -2.12. The molecule has 0 aliphatic rings. The number of nitro groups is 1. The number of hydrogen-bond acceptors (Lipinski definition) is 7. The van der Waals surface area contributed by atoms with Crippen LogP contribution >= 0.6 is 0 Å². The van der Waals surface area contributed by atoms with Crippen LogP contribution in [0, 0.1) is 10.1 Å². The molecule has 2 aromatic rings. The van der Waals surface area contributed by atoms with Gasteiger partial charge < -0.3 is 14.8 Å². The Bertz CT molecular complexity index is 959. The molecule has 1 amide bonds. The highest BCUT2D eigenvalue weighted by Crippen LogP contribution is 2.29. The number of methoxy groups -OCH3 is 2. The molecule has 2 aromatic carbocycles. The maximum absolute atomic E-state index is 12.2. The average molecular weight is 409 g/mol. The molecule has 0 atom stereocenters. The molecule has 0 saturated carbocycles. The minimum absolute atomic E-state index is 0.124. The molecule has 0 fully saturated rings. The zero-order chi connectivity index (χ0) is 20.7. The number of nitrogens with one attached hydrogen (secondary N) is 2. The minimum atomic E-state index is -3.89. The van der Waals surface area contributed by atoms with Gasteiger partial charge in [0.15, 0.2) is 0 Å². The number of nitrogens with zero attached hydrogens (tertiary/aromatic N) is 1. The Morgan fingerprint density at radius 3 is 2.36 bits per heavy atom. The normalized spacial score (nSPS) is 10.9. The molecule has 0 bridgehead atoms. The Morgan fingerprint density at radius 2 is 1.79 bits per heavy atom. The van der Waals surface area contributed by atoms with Gasteiger partial charge in [0.05, 0.1) is 29.7 Å². The Kier molecular flexibility index (Phi) is 6.90. The number of sulfonamides is 1. The number of carbonyl (C=O) groups is 1. The van der Waals surface area contributed by atoms with Crippen LogP contribution < -0.4 is 19.5 Å². The summed E-state index contributed by atoms with van der Waals surface area (Å²) in [5, 5.41) is 13.3. The summed E-state index contributed by atoms with van der Waals surface area (Å²) in [7, 11) is -0.936. The molecule has 0 aliphatic heterocycles. The molecular weight excluding hydrogens is 390 g/mol. The molecule has 0 radical (unpaired) electrons. The van der Waals surface area contributed by atoms with E-state index in [4.69, 9.17) is 9.47 Å². The summed E-state index contributed by atoms with van der Waals surface area (Å²) in [6, 6.07) is 9.30. The van der Waals surface area contributed by atoms with Gasteiger partial charge >= 0.3 is 0 Å². The van der Waals surface area contributed by atoms with Gasteiger partial charge in [0.1, 0.15) is 11.5 Å². The lowest BCUT2D eigenvalue weighted by Crippen LogP contribution is -2.27. The fourth-order valence-electron chi connectivity index (χ4n) is 2.24. The van der Waals surface area contributed by atoms with Crippen molar-refractivity contribution < 1.29 is 27.6 Å². The Morgan fingerprint density at radius 1 is 1.11 bits per heavy atom. The highest BCUT2D eigenvalue weighted by molar-refractivity contribution is 7.89. The average Bonchev–Trinajstić information content (AvgIpc) is 2.68. The molecule has 0 aromatic heterocycles. The number of non-ortho nitro benzene ring substituents is 1. The van der Waals surface area contributed by atoms with E-state index in [9.17, 15) is 23.3 Å². The maximum Gasteiger partial charge on any atom is 0.269 e. The number of benzene rings is 2. The van der Waals surface area contributed by atoms with E-state index in [1.54, 1.807) is 18.2 Å². The van der Waals surface area contributed by atoms with Crippen LogP contribution in [0.1, 0.15) is 6.42 Å². The van der Waals surface area contributed by atoms with Crippen LogP contribution in [0.4, 0.5) is 11.4 Å². The van der Waals surface area contributed by atoms with Crippen molar-refractivity contribution >= 4 is 27.3 Å². The Balaban J connectivity index is 1.93. The monoisotopic (exact) mass is 409 g/mol. The van der Waals surface area contributed by atoms with Gasteiger partial charge in [-0.1, -0.05) is 0 Å². The van der Waals surface area contributed by atoms with Crippen molar-refractivity contribution in [2.24, 2.45) is 0 Å². The summed E-state index contributed by atoms with van der Waals surface area (Å²) < 4.78 is 36.9. The van der Waals surface area contributed by atoms with Crippen molar-refractivity contribution in [3.8, 4) is 11.5 Å². The van der Waals surface area contributed by atoms with Crippen LogP contribution in [-0.2, 0) is 14.8 Å². The summed E-state index contributed by atoms with van der Waals surface area (Å²) in [5.74, 6) is 0.541. The number of amides is 1. The van der Waals surface area contributed by atoms with Crippen LogP contribution in [0.15, 0.2) is 47.4 Å². The van der Waals surface area contributed by atoms with Gasteiger partial charge in [-0.25, -0.2) is 13.1 Å². The van der Waals surface area contributed by atoms with Crippen molar-refractivity contribution in [1.29, 1.82) is 0 Å². The quantitative estimate of drug-likeness (QED) is 0.477. The SMILES string of the molecule is COc1ccc(NC(=O)CCNS(=O)(=O)c2ccc([N+](=O)[O-])cc2)c(OC)c1. The van der Waals surface area contributed by atoms with E-state index in [2.05, 4.69) is 10.0 Å². The molecule has 0 heterocycles. The van der Waals surface area contributed by atoms with E-state index < -0.39 is 20.9 Å². The van der Waals surface area contributed by atoms with Crippen molar-refractivity contribution in [2.45, 2.75) is 11.3 Å². The zero-order valence-corrected chi connectivity index (χ0v) is 16.0. The van der Waals surface area contributed by atoms with Crippen molar-refractivity contribution in [3.05, 3.63) is 52.6 Å². The predicted octanol–water partition coefficient (Wildman–Crippen LogP) is 1.92. The molecule has 2 rings (SSSR count). The molecule has 0 aliphatic carbocycles. The lowest BCUT2D eigenvalue weighted by molar-refractivity contribution is -0.384. The van der Waals surface area contributed by atoms with Gasteiger partial charge in [0, 0.05) is 31.2 Å². The van der Waals surface area contributed by atoms with Gasteiger partial charge in [-0.3, -0.25) is 14.9 Å². The number of ether oxygens (including phenoxy) is 2. The first-order valence-electron chi connectivity index (χ1n) is 8.03. The van der Waals surface area contributed by atoms with Crippen LogP contribution in [0.5, 0.6) is 11.5 Å². The maximum atomic E-state index is 12.2. The number of hydrogen-bond donors (Lipinski definition) is 2. The second kappa shape index (κ2) is 9.15. The van der Waals surface area contributed by atoms with E-state index in [1.165, 1.54) is 14.2 Å². The van der Waals surface area contributed by atoms with E-state index in [1.807, 2.05) is 0 Å². The number of nitro benzene ring substituents is 1. The second-order valence-electron chi connectivity index (χ2n) is 5.51. The van der Waals surface area contributed by atoms with E-state index >= 15 is 0 Å². The lowest BCUT2D eigenvalue weighted by atomic mass is 10.2. The highest BCUT2D eigenvalue weighted by Gasteiger charge is 2.16. The first kappa shape index (κ1) is 21.1. The first-order valence-corrected chi connectivity index (χ1v) is 9.51. The van der Waals surface area contributed by atoms with Crippen molar-refractivity contribution in [1.82, 2.24) is 4.72 Å². The molecule has 0 unspecified atom stereocenters. The van der Waals surface area contributed by atoms with Crippen LogP contribution in [-0.4, -0.2) is 40.0 Å². The third-order valence-corrected chi connectivity index (χ3v) is 5.16.